The number of rotatable bonds is 6. The molecule has 0 aromatic carbocycles. The lowest BCUT2D eigenvalue weighted by atomic mass is 10.0. The number of aromatic nitrogens is 5. The molecule has 1 aliphatic heterocycles. The Bertz CT molecular complexity index is 1640. The molecule has 1 fully saturated rings. The van der Waals surface area contributed by atoms with Gasteiger partial charge in [0, 0.05) is 86.5 Å². The number of alkyl carbamates (subject to hydrolysis) is 1. The van der Waals surface area contributed by atoms with Gasteiger partial charge in [-0.05, 0) is 45.9 Å². The lowest BCUT2D eigenvalue weighted by molar-refractivity contribution is -0.131. The van der Waals surface area contributed by atoms with Gasteiger partial charge in [0.1, 0.15) is 17.5 Å². The summed E-state index contributed by atoms with van der Waals surface area (Å²) in [7, 11) is 1.87. The number of hydrogen-bond acceptors (Lipinski definition) is 8. The molecule has 218 valence electrons. The summed E-state index contributed by atoms with van der Waals surface area (Å²) in [5, 5.41) is 21.1. The average Bonchev–Trinajstić information content (AvgIpc) is 3.57. The van der Waals surface area contributed by atoms with Crippen LogP contribution >= 0.6 is 0 Å². The molecule has 42 heavy (non-hydrogen) atoms. The number of amides is 2. The summed E-state index contributed by atoms with van der Waals surface area (Å²) in [4.78, 5) is 33.6. The van der Waals surface area contributed by atoms with E-state index < -0.39 is 11.7 Å². The SMILES string of the molecule is C[C@H](CC(=O)N1CCN(c2ccc(-c3cc(-c4cnn(C)c4)cn4ncc(C#N)c34)cn2)CC1)NC(=O)OC(C)(C)C. The van der Waals surface area contributed by atoms with Crippen LogP contribution in [0.1, 0.15) is 39.7 Å². The number of aryl methyl sites for hydroxylation is 1. The van der Waals surface area contributed by atoms with Gasteiger partial charge in [-0.3, -0.25) is 9.48 Å². The molecule has 0 unspecified atom stereocenters. The van der Waals surface area contributed by atoms with Crippen LogP contribution in [0, 0.1) is 11.3 Å². The van der Waals surface area contributed by atoms with Gasteiger partial charge in [0.2, 0.25) is 5.91 Å². The van der Waals surface area contributed by atoms with Crippen molar-refractivity contribution in [1.82, 2.24) is 34.6 Å². The van der Waals surface area contributed by atoms with Crippen molar-refractivity contribution in [1.29, 1.82) is 5.26 Å². The van der Waals surface area contributed by atoms with E-state index in [1.54, 1.807) is 49.3 Å². The minimum atomic E-state index is -0.592. The van der Waals surface area contributed by atoms with Crippen LogP contribution in [-0.2, 0) is 16.6 Å². The quantitative estimate of drug-likeness (QED) is 0.372. The highest BCUT2D eigenvalue weighted by molar-refractivity contribution is 5.87. The molecule has 1 aliphatic rings. The zero-order valence-electron chi connectivity index (χ0n) is 24.5. The number of nitrogens with one attached hydrogen (secondary N) is 1. The first-order valence-corrected chi connectivity index (χ1v) is 13.9. The van der Waals surface area contributed by atoms with Gasteiger partial charge in [-0.25, -0.2) is 14.3 Å². The van der Waals surface area contributed by atoms with Crippen molar-refractivity contribution >= 4 is 23.3 Å². The molecule has 5 rings (SSSR count). The first-order valence-electron chi connectivity index (χ1n) is 13.9. The number of nitrogens with zero attached hydrogens (tertiary/aromatic N) is 8. The van der Waals surface area contributed by atoms with Gasteiger partial charge in [0.15, 0.2) is 0 Å². The average molecular weight is 570 g/mol. The molecule has 0 spiro atoms. The third kappa shape index (κ3) is 6.35. The van der Waals surface area contributed by atoms with Crippen molar-refractivity contribution in [3.05, 3.63) is 54.7 Å². The number of fused-ring (bicyclic) bond motifs is 1. The second-order valence-electron chi connectivity index (χ2n) is 11.5. The van der Waals surface area contributed by atoms with Crippen molar-refractivity contribution in [2.75, 3.05) is 31.1 Å². The Labute approximate surface area is 244 Å². The smallest absolute Gasteiger partial charge is 0.407 e. The molecule has 0 aliphatic carbocycles. The highest BCUT2D eigenvalue weighted by Gasteiger charge is 2.25. The standard InChI is InChI=1S/C30H35N9O3/c1-20(35-29(41)42-30(2,3)4)12-27(40)38-10-8-37(9-11-38)26-7-6-21(15-32-26)25-13-22(24-17-33-36(5)18-24)19-39-28(25)23(14-31)16-34-39/h6-7,13,15-20H,8-12H2,1-5H3,(H,35,41)/t20-/m1/s1. The van der Waals surface area contributed by atoms with Crippen LogP contribution in [0.25, 0.3) is 27.8 Å². The molecule has 4 aromatic rings. The second-order valence-corrected chi connectivity index (χ2v) is 11.5. The topological polar surface area (TPSA) is 134 Å². The van der Waals surface area contributed by atoms with Crippen LogP contribution in [0.3, 0.4) is 0 Å². The largest absolute Gasteiger partial charge is 0.444 e. The number of anilines is 1. The molecule has 1 saturated heterocycles. The number of hydrogen-bond donors (Lipinski definition) is 1. The van der Waals surface area contributed by atoms with E-state index in [4.69, 9.17) is 9.72 Å². The van der Waals surface area contributed by atoms with E-state index >= 15 is 0 Å². The molecule has 12 heteroatoms. The summed E-state index contributed by atoms with van der Waals surface area (Å²) in [5.74, 6) is 0.812. The lowest BCUT2D eigenvalue weighted by Crippen LogP contribution is -2.50. The Kier molecular flexibility index (Phi) is 7.85. The molecule has 0 bridgehead atoms. The van der Waals surface area contributed by atoms with Gasteiger partial charge in [-0.15, -0.1) is 0 Å². The van der Waals surface area contributed by atoms with Crippen LogP contribution in [0.4, 0.5) is 10.6 Å². The number of pyridine rings is 2. The summed E-state index contributed by atoms with van der Waals surface area (Å²) in [6.07, 6.45) is 8.69. The first kappa shape index (κ1) is 28.6. The van der Waals surface area contributed by atoms with Gasteiger partial charge in [0.05, 0.1) is 23.5 Å². The van der Waals surface area contributed by atoms with Crippen molar-refractivity contribution < 1.29 is 14.3 Å². The van der Waals surface area contributed by atoms with E-state index in [0.29, 0.717) is 31.7 Å². The third-order valence-electron chi connectivity index (χ3n) is 7.03. The molecule has 1 N–H and O–H groups in total. The van der Waals surface area contributed by atoms with E-state index in [1.165, 1.54) is 0 Å². The second kappa shape index (κ2) is 11.5. The lowest BCUT2D eigenvalue weighted by Gasteiger charge is -2.36. The predicted octanol–water partition coefficient (Wildman–Crippen LogP) is 3.62. The molecule has 1 atom stereocenters. The van der Waals surface area contributed by atoms with Crippen LogP contribution in [0.2, 0.25) is 0 Å². The van der Waals surface area contributed by atoms with Crippen LogP contribution in [-0.4, -0.2) is 79.1 Å². The third-order valence-corrected chi connectivity index (χ3v) is 7.03. The Hall–Kier alpha value is -4.92. The molecule has 12 nitrogen and oxygen atoms in total. The van der Waals surface area contributed by atoms with Gasteiger partial charge in [-0.1, -0.05) is 0 Å². The van der Waals surface area contributed by atoms with E-state index in [2.05, 4.69) is 26.5 Å². The summed E-state index contributed by atoms with van der Waals surface area (Å²) < 4.78 is 8.75. The zero-order chi connectivity index (χ0) is 30.0. The Morgan fingerprint density at radius 1 is 1.05 bits per heavy atom. The molecular weight excluding hydrogens is 534 g/mol. The number of piperazine rings is 1. The Morgan fingerprint density at radius 2 is 1.81 bits per heavy atom. The summed E-state index contributed by atoms with van der Waals surface area (Å²) in [5.41, 5.74) is 4.22. The number of ether oxygens (including phenoxy) is 1. The van der Waals surface area contributed by atoms with Crippen LogP contribution < -0.4 is 10.2 Å². The highest BCUT2D eigenvalue weighted by atomic mass is 16.6. The minimum absolute atomic E-state index is 0.00636. The van der Waals surface area contributed by atoms with E-state index in [0.717, 1.165) is 33.6 Å². The van der Waals surface area contributed by atoms with Crippen LogP contribution in [0.15, 0.2) is 49.2 Å². The normalized spacial score (nSPS) is 14.5. The van der Waals surface area contributed by atoms with Crippen molar-refractivity contribution in [2.24, 2.45) is 7.05 Å². The fraction of sp³-hybridized carbons (Fsp3) is 0.400. The monoisotopic (exact) mass is 569 g/mol. The fourth-order valence-electron chi connectivity index (χ4n) is 5.02. The number of carbonyl (C=O) groups excluding carboxylic acids is 2. The first-order chi connectivity index (χ1) is 20.0. The van der Waals surface area contributed by atoms with Crippen molar-refractivity contribution in [2.45, 2.75) is 45.8 Å². The van der Waals surface area contributed by atoms with Gasteiger partial charge in [-0.2, -0.15) is 15.5 Å². The van der Waals surface area contributed by atoms with Crippen molar-refractivity contribution in [3.63, 3.8) is 0 Å². The summed E-state index contributed by atoms with van der Waals surface area (Å²) >= 11 is 0. The van der Waals surface area contributed by atoms with E-state index in [-0.39, 0.29) is 18.4 Å². The number of carbonyl (C=O) groups is 2. The predicted molar refractivity (Wildman–Crippen MR) is 158 cm³/mol. The maximum absolute atomic E-state index is 12.9. The molecule has 4 aromatic heterocycles. The van der Waals surface area contributed by atoms with Crippen LogP contribution in [0.5, 0.6) is 0 Å². The number of nitriles is 1. The zero-order valence-corrected chi connectivity index (χ0v) is 24.5. The fourth-order valence-corrected chi connectivity index (χ4v) is 5.02. The molecule has 0 radical (unpaired) electrons. The maximum Gasteiger partial charge on any atom is 0.407 e. The molecule has 0 saturated carbocycles. The maximum atomic E-state index is 12.9. The Balaban J connectivity index is 1.25. The summed E-state index contributed by atoms with van der Waals surface area (Å²) in [6.45, 7) is 9.63. The van der Waals surface area contributed by atoms with E-state index in [1.807, 2.05) is 48.7 Å². The molecule has 2 amide bonds. The highest BCUT2D eigenvalue weighted by Crippen LogP contribution is 2.32. The molecule has 5 heterocycles. The summed E-state index contributed by atoms with van der Waals surface area (Å²) in [6, 6.07) is 7.91. The van der Waals surface area contributed by atoms with Gasteiger partial charge < -0.3 is 19.9 Å². The van der Waals surface area contributed by atoms with Gasteiger partial charge in [0.25, 0.3) is 0 Å². The molecular formula is C30H35N9O3. The van der Waals surface area contributed by atoms with Crippen molar-refractivity contribution in [3.8, 4) is 28.3 Å². The van der Waals surface area contributed by atoms with Gasteiger partial charge >= 0.3 is 6.09 Å². The Morgan fingerprint density at radius 3 is 2.43 bits per heavy atom. The van der Waals surface area contributed by atoms with E-state index in [9.17, 15) is 14.9 Å². The minimum Gasteiger partial charge on any atom is -0.444 e.